The lowest BCUT2D eigenvalue weighted by Crippen LogP contribution is -2.28. The second-order valence-electron chi connectivity index (χ2n) is 5.32. The summed E-state index contributed by atoms with van der Waals surface area (Å²) < 4.78 is 5.85. The summed E-state index contributed by atoms with van der Waals surface area (Å²) in [4.78, 5) is 2.43. The van der Waals surface area contributed by atoms with Crippen LogP contribution in [-0.4, -0.2) is 37.2 Å². The van der Waals surface area contributed by atoms with Crippen LogP contribution in [0.25, 0.3) is 0 Å². The predicted octanol–water partition coefficient (Wildman–Crippen LogP) is 2.11. The number of hydrogen-bond donors (Lipinski definition) is 1. The zero-order chi connectivity index (χ0) is 13.0. The summed E-state index contributed by atoms with van der Waals surface area (Å²) in [5.41, 5.74) is 8.35. The molecule has 3 heteroatoms. The minimum atomic E-state index is 0.380. The third-order valence-electron chi connectivity index (χ3n) is 3.53. The largest absolute Gasteiger partial charge is 0.493 e. The number of nitrogens with two attached hydrogens (primary N) is 1. The molecule has 0 amide bonds. The highest BCUT2D eigenvalue weighted by atomic mass is 16.5. The maximum Gasteiger partial charge on any atom is 0.122 e. The maximum absolute atomic E-state index is 5.88. The summed E-state index contributed by atoms with van der Waals surface area (Å²) in [6.07, 6.45) is 2.21. The average Bonchev–Trinajstić information content (AvgIpc) is 2.75. The number of likely N-dealkylation sites (tertiary alicyclic amines) is 1. The van der Waals surface area contributed by atoms with Gasteiger partial charge in [-0.3, -0.25) is 0 Å². The molecule has 0 aliphatic carbocycles. The van der Waals surface area contributed by atoms with Crippen molar-refractivity contribution in [3.8, 4) is 5.75 Å². The van der Waals surface area contributed by atoms with E-state index in [1.165, 1.54) is 11.1 Å². The molecule has 2 N–H and O–H groups in total. The Morgan fingerprint density at radius 2 is 2.22 bits per heavy atom. The second-order valence-corrected chi connectivity index (χ2v) is 5.32. The van der Waals surface area contributed by atoms with Gasteiger partial charge in [0, 0.05) is 19.1 Å². The molecule has 0 radical (unpaired) electrons. The first-order valence-corrected chi connectivity index (χ1v) is 6.83. The van der Waals surface area contributed by atoms with E-state index in [9.17, 15) is 0 Å². The summed E-state index contributed by atoms with van der Waals surface area (Å²) in [6.45, 7) is 8.26. The van der Waals surface area contributed by atoms with Gasteiger partial charge in [0.05, 0.1) is 6.61 Å². The Morgan fingerprint density at radius 1 is 1.39 bits per heavy atom. The van der Waals surface area contributed by atoms with E-state index in [1.54, 1.807) is 0 Å². The van der Waals surface area contributed by atoms with Crippen LogP contribution >= 0.6 is 0 Å². The van der Waals surface area contributed by atoms with E-state index in [0.717, 1.165) is 44.8 Å². The van der Waals surface area contributed by atoms with Gasteiger partial charge in [0.25, 0.3) is 0 Å². The summed E-state index contributed by atoms with van der Waals surface area (Å²) in [5.74, 6) is 1.02. The average molecular weight is 248 g/mol. The molecule has 1 aliphatic rings. The fourth-order valence-electron chi connectivity index (χ4n) is 2.40. The highest BCUT2D eigenvalue weighted by Gasteiger charge is 2.17. The molecule has 100 valence electrons. The van der Waals surface area contributed by atoms with Crippen molar-refractivity contribution in [3.63, 3.8) is 0 Å². The smallest absolute Gasteiger partial charge is 0.122 e. The van der Waals surface area contributed by atoms with Crippen molar-refractivity contribution < 1.29 is 4.74 Å². The Balaban J connectivity index is 1.70. The molecule has 1 heterocycles. The van der Waals surface area contributed by atoms with Gasteiger partial charge in [-0.15, -0.1) is 0 Å². The van der Waals surface area contributed by atoms with Crippen molar-refractivity contribution in [3.05, 3.63) is 29.3 Å². The fourth-order valence-corrected chi connectivity index (χ4v) is 2.40. The molecule has 3 nitrogen and oxygen atoms in total. The second kappa shape index (κ2) is 6.21. The van der Waals surface area contributed by atoms with Crippen LogP contribution in [0.1, 0.15) is 24.0 Å². The van der Waals surface area contributed by atoms with E-state index < -0.39 is 0 Å². The van der Waals surface area contributed by atoms with Gasteiger partial charge in [-0.2, -0.15) is 0 Å². The van der Waals surface area contributed by atoms with Crippen LogP contribution < -0.4 is 10.5 Å². The summed E-state index contributed by atoms with van der Waals surface area (Å²) in [6, 6.07) is 6.73. The lowest BCUT2D eigenvalue weighted by atomic mass is 10.1. The van der Waals surface area contributed by atoms with Crippen molar-refractivity contribution >= 4 is 0 Å². The first-order valence-electron chi connectivity index (χ1n) is 6.83. The van der Waals surface area contributed by atoms with Gasteiger partial charge >= 0.3 is 0 Å². The van der Waals surface area contributed by atoms with Crippen LogP contribution in [-0.2, 0) is 0 Å². The molecule has 18 heavy (non-hydrogen) atoms. The standard InChI is InChI=1S/C15H24N2O/c1-12-4-5-13(2)15(10-12)18-9-3-7-17-8-6-14(16)11-17/h4-5,10,14H,3,6-9,11,16H2,1-2H3/t14-/m0/s1. The molecule has 0 saturated carbocycles. The summed E-state index contributed by atoms with van der Waals surface area (Å²) in [7, 11) is 0. The van der Waals surface area contributed by atoms with Crippen molar-refractivity contribution in [1.82, 2.24) is 4.90 Å². The number of aryl methyl sites for hydroxylation is 2. The van der Waals surface area contributed by atoms with Crippen molar-refractivity contribution in [2.24, 2.45) is 5.73 Å². The molecule has 1 aromatic carbocycles. The van der Waals surface area contributed by atoms with E-state index in [0.29, 0.717) is 6.04 Å². The topological polar surface area (TPSA) is 38.5 Å². The van der Waals surface area contributed by atoms with Crippen molar-refractivity contribution in [2.45, 2.75) is 32.7 Å². The van der Waals surface area contributed by atoms with Crippen LogP contribution in [0.3, 0.4) is 0 Å². The van der Waals surface area contributed by atoms with E-state index in [1.807, 2.05) is 0 Å². The van der Waals surface area contributed by atoms with Gasteiger partial charge in [0.15, 0.2) is 0 Å². The number of ether oxygens (including phenoxy) is 1. The van der Waals surface area contributed by atoms with Gasteiger partial charge in [0.1, 0.15) is 5.75 Å². The van der Waals surface area contributed by atoms with E-state index in [4.69, 9.17) is 10.5 Å². The number of benzene rings is 1. The molecule has 0 spiro atoms. The third kappa shape index (κ3) is 3.72. The molecule has 1 saturated heterocycles. The van der Waals surface area contributed by atoms with E-state index >= 15 is 0 Å². The van der Waals surface area contributed by atoms with Crippen molar-refractivity contribution in [2.75, 3.05) is 26.2 Å². The first kappa shape index (κ1) is 13.4. The summed E-state index contributed by atoms with van der Waals surface area (Å²) in [5, 5.41) is 0. The van der Waals surface area contributed by atoms with Crippen LogP contribution in [0.2, 0.25) is 0 Å². The Morgan fingerprint density at radius 3 is 2.94 bits per heavy atom. The van der Waals surface area contributed by atoms with Crippen LogP contribution in [0.5, 0.6) is 5.75 Å². The molecular weight excluding hydrogens is 224 g/mol. The molecule has 0 unspecified atom stereocenters. The molecule has 1 aliphatic heterocycles. The quantitative estimate of drug-likeness (QED) is 0.811. The molecule has 1 fully saturated rings. The minimum Gasteiger partial charge on any atom is -0.493 e. The lowest BCUT2D eigenvalue weighted by molar-refractivity contribution is 0.261. The molecule has 1 atom stereocenters. The van der Waals surface area contributed by atoms with Crippen LogP contribution in [0.15, 0.2) is 18.2 Å². The first-order chi connectivity index (χ1) is 8.65. The Kier molecular flexibility index (Phi) is 4.61. The van der Waals surface area contributed by atoms with Crippen LogP contribution in [0, 0.1) is 13.8 Å². The Hall–Kier alpha value is -1.06. The predicted molar refractivity (Wildman–Crippen MR) is 75.1 cm³/mol. The normalized spacial score (nSPS) is 20.3. The van der Waals surface area contributed by atoms with Gasteiger partial charge in [-0.05, 0) is 50.4 Å². The summed E-state index contributed by atoms with van der Waals surface area (Å²) >= 11 is 0. The number of rotatable bonds is 5. The zero-order valence-corrected chi connectivity index (χ0v) is 11.5. The van der Waals surface area contributed by atoms with E-state index in [-0.39, 0.29) is 0 Å². The van der Waals surface area contributed by atoms with Gasteiger partial charge in [-0.25, -0.2) is 0 Å². The Labute approximate surface area is 110 Å². The molecule has 1 aromatic rings. The molecule has 0 bridgehead atoms. The molecule has 2 rings (SSSR count). The van der Waals surface area contributed by atoms with Crippen LogP contribution in [0.4, 0.5) is 0 Å². The molecule has 0 aromatic heterocycles. The lowest BCUT2D eigenvalue weighted by Gasteiger charge is -2.15. The Bertz CT molecular complexity index is 392. The third-order valence-corrected chi connectivity index (χ3v) is 3.53. The highest BCUT2D eigenvalue weighted by Crippen LogP contribution is 2.19. The monoisotopic (exact) mass is 248 g/mol. The number of hydrogen-bond acceptors (Lipinski definition) is 3. The fraction of sp³-hybridized carbons (Fsp3) is 0.600. The van der Waals surface area contributed by atoms with Crippen molar-refractivity contribution in [1.29, 1.82) is 0 Å². The minimum absolute atomic E-state index is 0.380. The number of nitrogens with zero attached hydrogens (tertiary/aromatic N) is 1. The van der Waals surface area contributed by atoms with Gasteiger partial charge in [-0.1, -0.05) is 12.1 Å². The van der Waals surface area contributed by atoms with E-state index in [2.05, 4.69) is 36.9 Å². The van der Waals surface area contributed by atoms with Gasteiger partial charge in [0.2, 0.25) is 0 Å². The SMILES string of the molecule is Cc1ccc(C)c(OCCCN2CC[C@H](N)C2)c1. The molecular formula is C15H24N2O. The maximum atomic E-state index is 5.88. The van der Waals surface area contributed by atoms with Gasteiger partial charge < -0.3 is 15.4 Å². The zero-order valence-electron chi connectivity index (χ0n) is 11.5. The highest BCUT2D eigenvalue weighted by molar-refractivity contribution is 5.35.